The van der Waals surface area contributed by atoms with E-state index in [0.29, 0.717) is 12.2 Å². The van der Waals surface area contributed by atoms with Crippen LogP contribution < -0.4 is 10.6 Å². The molecule has 0 saturated heterocycles. The van der Waals surface area contributed by atoms with Crippen LogP contribution in [-0.2, 0) is 16.1 Å². The number of carbonyl (C=O) groups is 3. The Morgan fingerprint density at radius 2 is 1.72 bits per heavy atom. The van der Waals surface area contributed by atoms with Crippen molar-refractivity contribution in [3.05, 3.63) is 23.0 Å². The Morgan fingerprint density at radius 3 is 2.31 bits per heavy atom. The van der Waals surface area contributed by atoms with Crippen LogP contribution in [0, 0.1) is 23.7 Å². The maximum Gasteiger partial charge on any atom is 0.307 e. The van der Waals surface area contributed by atoms with E-state index in [4.69, 9.17) is 0 Å². The molecule has 0 spiro atoms. The molecule has 3 aliphatic carbocycles. The second kappa shape index (κ2) is 9.08. The van der Waals surface area contributed by atoms with E-state index in [-0.39, 0.29) is 35.4 Å². The molecule has 0 unspecified atom stereocenters. The number of fused-ring (bicyclic) bond motifs is 2. The third-order valence-corrected chi connectivity index (χ3v) is 7.51. The predicted molar refractivity (Wildman–Crippen MR) is 120 cm³/mol. The third kappa shape index (κ3) is 4.07. The number of carboxylic acid groups (broad SMARTS) is 1. The van der Waals surface area contributed by atoms with Gasteiger partial charge in [-0.3, -0.25) is 19.1 Å². The van der Waals surface area contributed by atoms with Gasteiger partial charge in [0.15, 0.2) is 5.69 Å². The second-order valence-corrected chi connectivity index (χ2v) is 9.68. The topological polar surface area (TPSA) is 113 Å². The molecule has 3 N–H and O–H groups in total. The Morgan fingerprint density at radius 1 is 1.06 bits per heavy atom. The van der Waals surface area contributed by atoms with E-state index < -0.39 is 17.8 Å². The first kappa shape index (κ1) is 22.6. The van der Waals surface area contributed by atoms with Crippen molar-refractivity contribution in [2.45, 2.75) is 78.3 Å². The summed E-state index contributed by atoms with van der Waals surface area (Å²) >= 11 is 0. The number of aromatic nitrogens is 2. The Hall–Kier alpha value is -2.64. The maximum absolute atomic E-state index is 13.4. The predicted octanol–water partition coefficient (Wildman–Crippen LogP) is 3.60. The van der Waals surface area contributed by atoms with Gasteiger partial charge in [0.05, 0.1) is 17.5 Å². The third-order valence-electron chi connectivity index (χ3n) is 7.51. The van der Waals surface area contributed by atoms with E-state index in [0.717, 1.165) is 49.7 Å². The van der Waals surface area contributed by atoms with Crippen molar-refractivity contribution >= 4 is 23.5 Å². The summed E-state index contributed by atoms with van der Waals surface area (Å²) < 4.78 is 1.63. The van der Waals surface area contributed by atoms with E-state index in [1.807, 2.05) is 20.8 Å². The number of aryl methyl sites for hydroxylation is 1. The summed E-state index contributed by atoms with van der Waals surface area (Å²) in [6.07, 6.45) is 8.62. The maximum atomic E-state index is 13.4. The van der Waals surface area contributed by atoms with Gasteiger partial charge >= 0.3 is 5.97 Å². The van der Waals surface area contributed by atoms with Crippen LogP contribution in [0.15, 0.2) is 17.3 Å². The van der Waals surface area contributed by atoms with Gasteiger partial charge in [-0.1, -0.05) is 30.4 Å². The zero-order valence-electron chi connectivity index (χ0n) is 19.2. The Bertz CT molecular complexity index is 940. The smallest absolute Gasteiger partial charge is 0.307 e. The highest BCUT2D eigenvalue weighted by atomic mass is 16.4. The Kier molecular flexibility index (Phi) is 6.40. The fourth-order valence-electron chi connectivity index (χ4n) is 6.16. The summed E-state index contributed by atoms with van der Waals surface area (Å²) in [4.78, 5) is 38.4. The van der Waals surface area contributed by atoms with Crippen molar-refractivity contribution in [2.75, 3.05) is 5.32 Å². The number of rotatable bonds is 6. The van der Waals surface area contributed by atoms with E-state index in [9.17, 15) is 19.5 Å². The van der Waals surface area contributed by atoms with Crippen molar-refractivity contribution in [2.24, 2.45) is 23.7 Å². The molecule has 3 saturated carbocycles. The van der Waals surface area contributed by atoms with Crippen LogP contribution in [0.4, 0.5) is 5.69 Å². The van der Waals surface area contributed by atoms with Gasteiger partial charge in [-0.05, 0) is 58.3 Å². The average Bonchev–Trinajstić information content (AvgIpc) is 3.45. The van der Waals surface area contributed by atoms with Crippen LogP contribution in [-0.4, -0.2) is 38.7 Å². The molecule has 8 nitrogen and oxygen atoms in total. The van der Waals surface area contributed by atoms with Crippen molar-refractivity contribution < 1.29 is 19.5 Å². The molecule has 2 bridgehead atoms. The molecule has 0 radical (unpaired) electrons. The van der Waals surface area contributed by atoms with Crippen LogP contribution in [0.5, 0.6) is 0 Å². The molecule has 0 aromatic carbocycles. The molecule has 1 heterocycles. The van der Waals surface area contributed by atoms with Gasteiger partial charge < -0.3 is 15.7 Å². The molecule has 4 atom stereocenters. The highest BCUT2D eigenvalue weighted by Crippen LogP contribution is 2.57. The summed E-state index contributed by atoms with van der Waals surface area (Å²) in [7, 11) is 0. The molecule has 1 aromatic heterocycles. The first-order valence-electron chi connectivity index (χ1n) is 11.9. The van der Waals surface area contributed by atoms with Gasteiger partial charge in [0, 0.05) is 18.8 Å². The number of allylic oxidation sites excluding steroid dienone is 2. The molecule has 4 rings (SSSR count). The molecule has 3 aliphatic rings. The number of carbonyl (C=O) groups excluding carboxylic acids is 2. The van der Waals surface area contributed by atoms with Crippen LogP contribution >= 0.6 is 0 Å². The minimum absolute atomic E-state index is 0.0492. The van der Waals surface area contributed by atoms with Gasteiger partial charge in [0.2, 0.25) is 5.91 Å². The van der Waals surface area contributed by atoms with Crippen molar-refractivity contribution in [3.8, 4) is 0 Å². The van der Waals surface area contributed by atoms with Gasteiger partial charge in [0.1, 0.15) is 0 Å². The molecule has 2 amide bonds. The van der Waals surface area contributed by atoms with E-state index in [2.05, 4.69) is 15.7 Å². The molecule has 1 aromatic rings. The standard InChI is InChI=1S/C24H34N4O4/c1-4-28-12-17(21(27-28)23(30)25-14-8-6-5-7-9-14)26-22(29)19-15-10-11-16(18(15)13(2)3)20(19)24(31)32/h12,14-16,19-20H,4-11H2,1-3H3,(H,25,30)(H,26,29)(H,31,32)/t15-,16+,19-,20+/m1/s1. The van der Waals surface area contributed by atoms with Gasteiger partial charge in [-0.15, -0.1) is 0 Å². The largest absolute Gasteiger partial charge is 0.481 e. The van der Waals surface area contributed by atoms with Gasteiger partial charge in [0.25, 0.3) is 5.91 Å². The van der Waals surface area contributed by atoms with E-state index in [1.165, 1.54) is 6.42 Å². The minimum atomic E-state index is -0.921. The Balaban J connectivity index is 1.56. The highest BCUT2D eigenvalue weighted by Gasteiger charge is 2.57. The minimum Gasteiger partial charge on any atom is -0.481 e. The van der Waals surface area contributed by atoms with Gasteiger partial charge in [-0.25, -0.2) is 0 Å². The quantitative estimate of drug-likeness (QED) is 0.583. The summed E-state index contributed by atoms with van der Waals surface area (Å²) in [5, 5.41) is 20.2. The Labute approximate surface area is 188 Å². The lowest BCUT2D eigenvalue weighted by Crippen LogP contribution is -2.39. The summed E-state index contributed by atoms with van der Waals surface area (Å²) in [5.41, 5.74) is 2.81. The van der Waals surface area contributed by atoms with Crippen molar-refractivity contribution in [1.29, 1.82) is 0 Å². The fourth-order valence-corrected chi connectivity index (χ4v) is 6.16. The number of amides is 2. The number of carboxylic acids is 1. The lowest BCUT2D eigenvalue weighted by atomic mass is 9.78. The monoisotopic (exact) mass is 442 g/mol. The summed E-state index contributed by atoms with van der Waals surface area (Å²) in [5.74, 6) is -3.01. The molecule has 174 valence electrons. The van der Waals surface area contributed by atoms with E-state index in [1.54, 1.807) is 10.9 Å². The first-order chi connectivity index (χ1) is 15.3. The number of hydrogen-bond donors (Lipinski definition) is 3. The summed E-state index contributed by atoms with van der Waals surface area (Å²) in [6.45, 7) is 6.48. The second-order valence-electron chi connectivity index (χ2n) is 9.68. The molecular formula is C24H34N4O4. The van der Waals surface area contributed by atoms with Crippen LogP contribution in [0.25, 0.3) is 0 Å². The molecule has 32 heavy (non-hydrogen) atoms. The van der Waals surface area contributed by atoms with Crippen LogP contribution in [0.3, 0.4) is 0 Å². The van der Waals surface area contributed by atoms with Gasteiger partial charge in [-0.2, -0.15) is 5.10 Å². The number of hydrogen-bond acceptors (Lipinski definition) is 4. The zero-order valence-corrected chi connectivity index (χ0v) is 19.2. The zero-order chi connectivity index (χ0) is 23.0. The highest BCUT2D eigenvalue weighted by molar-refractivity contribution is 6.04. The SMILES string of the molecule is CCn1cc(NC(=O)[C@H]2[C@@H](C(=O)O)[C@H]3CC[C@@H]2C3=C(C)C)c(C(=O)NC2CCCCC2)n1. The van der Waals surface area contributed by atoms with Crippen LogP contribution in [0.2, 0.25) is 0 Å². The lowest BCUT2D eigenvalue weighted by molar-refractivity contribution is -0.148. The number of aliphatic carboxylic acids is 1. The first-order valence-corrected chi connectivity index (χ1v) is 11.9. The number of nitrogens with zero attached hydrogens (tertiary/aromatic N) is 2. The lowest BCUT2D eigenvalue weighted by Gasteiger charge is -2.26. The number of nitrogens with one attached hydrogen (secondary N) is 2. The van der Waals surface area contributed by atoms with Crippen molar-refractivity contribution in [3.63, 3.8) is 0 Å². The van der Waals surface area contributed by atoms with E-state index >= 15 is 0 Å². The average molecular weight is 443 g/mol. The van der Waals surface area contributed by atoms with Crippen LogP contribution in [0.1, 0.15) is 76.2 Å². The van der Waals surface area contributed by atoms with Crippen molar-refractivity contribution in [1.82, 2.24) is 15.1 Å². The fraction of sp³-hybridized carbons (Fsp3) is 0.667. The summed E-state index contributed by atoms with van der Waals surface area (Å²) in [6, 6.07) is 0.133. The molecule has 3 fully saturated rings. The number of anilines is 1. The molecule has 0 aliphatic heterocycles. The normalized spacial score (nSPS) is 27.4. The molecule has 8 heteroatoms. The molecular weight excluding hydrogens is 408 g/mol.